The Morgan fingerprint density at radius 3 is 2.85 bits per heavy atom. The van der Waals surface area contributed by atoms with Crippen molar-refractivity contribution in [3.8, 4) is 5.88 Å². The first-order valence-corrected chi connectivity index (χ1v) is 5.78. The number of nitrogen functional groups attached to an aromatic ring is 1. The summed E-state index contributed by atoms with van der Waals surface area (Å²) in [5.41, 5.74) is 3.36. The van der Waals surface area contributed by atoms with E-state index in [9.17, 15) is 4.79 Å². The molecule has 0 aromatic carbocycles. The smallest absolute Gasteiger partial charge is 0.271 e. The SMILES string of the molecule is COc1ccc(CNC(=O)c2cncc(NN)n2)cn1. The molecule has 2 aromatic rings. The average Bonchev–Trinajstić information content (AvgIpc) is 2.53. The zero-order valence-electron chi connectivity index (χ0n) is 10.8. The van der Waals surface area contributed by atoms with Gasteiger partial charge < -0.3 is 15.5 Å². The molecule has 8 nitrogen and oxygen atoms in total. The van der Waals surface area contributed by atoms with Gasteiger partial charge in [0.15, 0.2) is 5.82 Å². The molecule has 0 aliphatic heterocycles. The van der Waals surface area contributed by atoms with E-state index >= 15 is 0 Å². The van der Waals surface area contributed by atoms with Crippen LogP contribution in [0.2, 0.25) is 0 Å². The van der Waals surface area contributed by atoms with Crippen LogP contribution in [0, 0.1) is 0 Å². The molecule has 0 radical (unpaired) electrons. The van der Waals surface area contributed by atoms with Crippen molar-refractivity contribution in [2.24, 2.45) is 5.84 Å². The van der Waals surface area contributed by atoms with Crippen molar-refractivity contribution < 1.29 is 9.53 Å². The van der Waals surface area contributed by atoms with Crippen molar-refractivity contribution in [2.75, 3.05) is 12.5 Å². The minimum atomic E-state index is -0.342. The highest BCUT2D eigenvalue weighted by Gasteiger charge is 2.08. The molecular weight excluding hydrogens is 260 g/mol. The summed E-state index contributed by atoms with van der Waals surface area (Å²) in [6, 6.07) is 3.54. The second kappa shape index (κ2) is 6.43. The predicted molar refractivity (Wildman–Crippen MR) is 71.8 cm³/mol. The highest BCUT2D eigenvalue weighted by molar-refractivity contribution is 5.92. The maximum Gasteiger partial charge on any atom is 0.271 e. The number of carbonyl (C=O) groups excluding carboxylic acids is 1. The highest BCUT2D eigenvalue weighted by atomic mass is 16.5. The molecule has 0 aliphatic carbocycles. The number of hydrogen-bond donors (Lipinski definition) is 3. The number of nitrogens with zero attached hydrogens (tertiary/aromatic N) is 3. The predicted octanol–water partition coefficient (Wildman–Crippen LogP) is 0.0958. The summed E-state index contributed by atoms with van der Waals surface area (Å²) in [5.74, 6) is 5.71. The number of carbonyl (C=O) groups is 1. The average molecular weight is 274 g/mol. The molecule has 104 valence electrons. The van der Waals surface area contributed by atoms with E-state index in [-0.39, 0.29) is 11.6 Å². The fourth-order valence-corrected chi connectivity index (χ4v) is 1.45. The highest BCUT2D eigenvalue weighted by Crippen LogP contribution is 2.06. The van der Waals surface area contributed by atoms with Crippen molar-refractivity contribution in [1.82, 2.24) is 20.3 Å². The summed E-state index contributed by atoms with van der Waals surface area (Å²) >= 11 is 0. The molecule has 2 aromatic heterocycles. The molecule has 0 saturated carbocycles. The van der Waals surface area contributed by atoms with E-state index in [0.717, 1.165) is 5.56 Å². The van der Waals surface area contributed by atoms with E-state index in [1.54, 1.807) is 19.4 Å². The number of methoxy groups -OCH3 is 1. The van der Waals surface area contributed by atoms with Crippen LogP contribution in [0.4, 0.5) is 5.82 Å². The normalized spacial score (nSPS) is 9.90. The molecule has 0 unspecified atom stereocenters. The van der Waals surface area contributed by atoms with Gasteiger partial charge in [-0.15, -0.1) is 0 Å². The van der Waals surface area contributed by atoms with Crippen LogP contribution in [0.25, 0.3) is 0 Å². The lowest BCUT2D eigenvalue weighted by Crippen LogP contribution is -2.24. The molecule has 0 atom stereocenters. The number of ether oxygens (including phenoxy) is 1. The van der Waals surface area contributed by atoms with Gasteiger partial charge in [0, 0.05) is 18.8 Å². The summed E-state index contributed by atoms with van der Waals surface area (Å²) in [7, 11) is 1.54. The first kappa shape index (κ1) is 13.7. The Hall–Kier alpha value is -2.74. The van der Waals surface area contributed by atoms with Crippen molar-refractivity contribution in [3.63, 3.8) is 0 Å². The molecule has 8 heteroatoms. The largest absolute Gasteiger partial charge is 0.481 e. The molecule has 2 heterocycles. The maximum absolute atomic E-state index is 11.9. The Bertz CT molecular complexity index is 587. The van der Waals surface area contributed by atoms with Gasteiger partial charge in [-0.2, -0.15) is 0 Å². The number of pyridine rings is 1. The van der Waals surface area contributed by atoms with Gasteiger partial charge >= 0.3 is 0 Å². The Morgan fingerprint density at radius 2 is 2.20 bits per heavy atom. The maximum atomic E-state index is 11.9. The first-order valence-electron chi connectivity index (χ1n) is 5.78. The van der Waals surface area contributed by atoms with Crippen LogP contribution in [0.3, 0.4) is 0 Å². The van der Waals surface area contributed by atoms with E-state index in [2.05, 4.69) is 25.7 Å². The molecule has 0 bridgehead atoms. The standard InChI is InChI=1S/C12H14N6O2/c1-20-11-3-2-8(4-15-11)5-16-12(19)9-6-14-7-10(17-9)18-13/h2-4,6-7H,5,13H2,1H3,(H,16,19)(H,17,18). The summed E-state index contributed by atoms with van der Waals surface area (Å²) in [6.45, 7) is 0.331. The van der Waals surface area contributed by atoms with Crippen molar-refractivity contribution in [2.45, 2.75) is 6.54 Å². The summed E-state index contributed by atoms with van der Waals surface area (Å²) in [6.07, 6.45) is 4.41. The first-order chi connectivity index (χ1) is 9.72. The third-order valence-electron chi connectivity index (χ3n) is 2.47. The minimum Gasteiger partial charge on any atom is -0.481 e. The number of nitrogens with two attached hydrogens (primary N) is 1. The van der Waals surface area contributed by atoms with Crippen molar-refractivity contribution in [3.05, 3.63) is 42.0 Å². The molecule has 20 heavy (non-hydrogen) atoms. The van der Waals surface area contributed by atoms with Crippen LogP contribution in [0.5, 0.6) is 5.88 Å². The van der Waals surface area contributed by atoms with Gasteiger partial charge in [0.25, 0.3) is 5.91 Å². The third-order valence-corrected chi connectivity index (χ3v) is 2.47. The summed E-state index contributed by atoms with van der Waals surface area (Å²) in [4.78, 5) is 23.8. The van der Waals surface area contributed by atoms with Gasteiger partial charge in [0.05, 0.1) is 19.5 Å². The molecule has 0 saturated heterocycles. The third kappa shape index (κ3) is 3.39. The number of aromatic nitrogens is 3. The van der Waals surface area contributed by atoms with Gasteiger partial charge in [0.1, 0.15) is 5.69 Å². The topological polar surface area (TPSA) is 115 Å². The van der Waals surface area contributed by atoms with Crippen LogP contribution in [0.15, 0.2) is 30.7 Å². The Kier molecular flexibility index (Phi) is 4.40. The molecule has 4 N–H and O–H groups in total. The number of amides is 1. The number of rotatable bonds is 5. The molecule has 0 spiro atoms. The zero-order chi connectivity index (χ0) is 14.4. The van der Waals surface area contributed by atoms with E-state index in [1.807, 2.05) is 6.07 Å². The number of nitrogens with one attached hydrogen (secondary N) is 2. The fourth-order valence-electron chi connectivity index (χ4n) is 1.45. The van der Waals surface area contributed by atoms with Crippen LogP contribution in [0.1, 0.15) is 16.1 Å². The van der Waals surface area contributed by atoms with Crippen LogP contribution >= 0.6 is 0 Å². The molecule has 1 amide bonds. The second-order valence-corrected chi connectivity index (χ2v) is 3.83. The lowest BCUT2D eigenvalue weighted by molar-refractivity contribution is 0.0945. The quantitative estimate of drug-likeness (QED) is 0.523. The Morgan fingerprint density at radius 1 is 1.35 bits per heavy atom. The van der Waals surface area contributed by atoms with E-state index < -0.39 is 0 Å². The van der Waals surface area contributed by atoms with E-state index in [4.69, 9.17) is 10.6 Å². The monoisotopic (exact) mass is 274 g/mol. The number of hydrogen-bond acceptors (Lipinski definition) is 7. The Balaban J connectivity index is 1.97. The summed E-state index contributed by atoms with van der Waals surface area (Å²) < 4.78 is 4.95. The fraction of sp³-hybridized carbons (Fsp3) is 0.167. The summed E-state index contributed by atoms with van der Waals surface area (Å²) in [5, 5.41) is 2.71. The zero-order valence-corrected chi connectivity index (χ0v) is 10.8. The van der Waals surface area contributed by atoms with Gasteiger partial charge in [-0.3, -0.25) is 9.78 Å². The van der Waals surface area contributed by atoms with E-state index in [1.165, 1.54) is 12.4 Å². The van der Waals surface area contributed by atoms with Crippen molar-refractivity contribution >= 4 is 11.7 Å². The molecule has 0 fully saturated rings. The Labute approximate surface area is 115 Å². The molecular formula is C12H14N6O2. The molecule has 0 aliphatic rings. The minimum absolute atomic E-state index is 0.182. The van der Waals surface area contributed by atoms with Crippen LogP contribution in [-0.2, 0) is 6.54 Å². The van der Waals surface area contributed by atoms with Crippen molar-refractivity contribution in [1.29, 1.82) is 0 Å². The van der Waals surface area contributed by atoms with Gasteiger partial charge in [-0.1, -0.05) is 6.07 Å². The lowest BCUT2D eigenvalue weighted by atomic mass is 10.3. The van der Waals surface area contributed by atoms with Gasteiger partial charge in [0.2, 0.25) is 5.88 Å². The second-order valence-electron chi connectivity index (χ2n) is 3.83. The van der Waals surface area contributed by atoms with E-state index in [0.29, 0.717) is 18.2 Å². The number of anilines is 1. The van der Waals surface area contributed by atoms with Crippen LogP contribution in [-0.4, -0.2) is 28.0 Å². The van der Waals surface area contributed by atoms with Gasteiger partial charge in [-0.05, 0) is 5.56 Å². The molecule has 2 rings (SSSR count). The lowest BCUT2D eigenvalue weighted by Gasteiger charge is -2.06. The van der Waals surface area contributed by atoms with Gasteiger partial charge in [-0.25, -0.2) is 15.8 Å². The number of hydrazine groups is 1. The van der Waals surface area contributed by atoms with Crippen LogP contribution < -0.4 is 21.3 Å².